The molecule has 0 aromatic rings. The third-order valence-corrected chi connectivity index (χ3v) is 2.01. The predicted molar refractivity (Wildman–Crippen MR) is 33.5 cm³/mol. The molecule has 1 heteroatoms. The minimum atomic E-state index is 0.344. The van der Waals surface area contributed by atoms with E-state index < -0.39 is 0 Å². The molecule has 0 amide bonds. The van der Waals surface area contributed by atoms with Gasteiger partial charge in [-0.3, -0.25) is 0 Å². The van der Waals surface area contributed by atoms with E-state index in [9.17, 15) is 0 Å². The highest BCUT2D eigenvalue weighted by molar-refractivity contribution is 4.91. The molecule has 1 aliphatic carbocycles. The highest BCUT2D eigenvalue weighted by Crippen LogP contribution is 2.33. The van der Waals surface area contributed by atoms with Crippen LogP contribution in [0.3, 0.4) is 0 Å². The van der Waals surface area contributed by atoms with Gasteiger partial charge in [-0.25, -0.2) is 0 Å². The lowest BCUT2D eigenvalue weighted by atomic mass is 9.74. The predicted octanol–water partition coefficient (Wildman–Crippen LogP) is 1.19. The maximum absolute atomic E-state index is 8.64. The van der Waals surface area contributed by atoms with Gasteiger partial charge >= 0.3 is 0 Å². The fraction of sp³-hybridized carbons (Fsp3) is 0.714. The largest absolute Gasteiger partial charge is 0.396 e. The standard InChI is InChI=1S/C7H12O/c1-2-6-3-4-7(6)5-8/h2,6-8H,1,3-5H2/t6-,7+/m0/s1. The van der Waals surface area contributed by atoms with E-state index in [0.717, 1.165) is 0 Å². The van der Waals surface area contributed by atoms with Crippen LogP contribution in [-0.4, -0.2) is 11.7 Å². The first-order chi connectivity index (χ1) is 3.88. The number of hydrogen-bond acceptors (Lipinski definition) is 1. The minimum absolute atomic E-state index is 0.344. The molecule has 1 rings (SSSR count). The van der Waals surface area contributed by atoms with Crippen molar-refractivity contribution in [3.05, 3.63) is 12.7 Å². The van der Waals surface area contributed by atoms with E-state index in [0.29, 0.717) is 18.4 Å². The van der Waals surface area contributed by atoms with Gasteiger partial charge < -0.3 is 5.11 Å². The molecule has 0 heterocycles. The number of hydrogen-bond donors (Lipinski definition) is 1. The van der Waals surface area contributed by atoms with Gasteiger partial charge in [-0.05, 0) is 24.7 Å². The Kier molecular flexibility index (Phi) is 1.69. The third-order valence-electron chi connectivity index (χ3n) is 2.01. The molecule has 2 atom stereocenters. The summed E-state index contributed by atoms with van der Waals surface area (Å²) in [5, 5.41) is 8.64. The lowest BCUT2D eigenvalue weighted by Gasteiger charge is -2.32. The topological polar surface area (TPSA) is 20.2 Å². The van der Waals surface area contributed by atoms with Crippen LogP contribution in [0.25, 0.3) is 0 Å². The molecule has 0 unspecified atom stereocenters. The quantitative estimate of drug-likeness (QED) is 0.532. The van der Waals surface area contributed by atoms with Crippen molar-refractivity contribution in [1.29, 1.82) is 0 Å². The molecule has 0 radical (unpaired) electrons. The molecular formula is C7H12O. The fourth-order valence-corrected chi connectivity index (χ4v) is 1.13. The van der Waals surface area contributed by atoms with Gasteiger partial charge in [0.2, 0.25) is 0 Å². The first kappa shape index (κ1) is 5.83. The van der Waals surface area contributed by atoms with E-state index in [1.165, 1.54) is 12.8 Å². The Morgan fingerprint density at radius 1 is 1.62 bits per heavy atom. The van der Waals surface area contributed by atoms with Crippen molar-refractivity contribution in [2.45, 2.75) is 12.8 Å². The molecule has 0 bridgehead atoms. The number of allylic oxidation sites excluding steroid dienone is 1. The van der Waals surface area contributed by atoms with Crippen LogP contribution in [0.4, 0.5) is 0 Å². The van der Waals surface area contributed by atoms with Gasteiger partial charge in [0, 0.05) is 6.61 Å². The number of rotatable bonds is 2. The van der Waals surface area contributed by atoms with Crippen LogP contribution in [0.2, 0.25) is 0 Å². The molecule has 1 fully saturated rings. The van der Waals surface area contributed by atoms with E-state index in [1.807, 2.05) is 6.08 Å². The zero-order valence-corrected chi connectivity index (χ0v) is 5.01. The molecule has 0 saturated heterocycles. The van der Waals surface area contributed by atoms with Crippen LogP contribution < -0.4 is 0 Å². The summed E-state index contributed by atoms with van der Waals surface area (Å²) in [5.41, 5.74) is 0. The van der Waals surface area contributed by atoms with Crippen molar-refractivity contribution in [2.75, 3.05) is 6.61 Å². The van der Waals surface area contributed by atoms with Crippen molar-refractivity contribution in [3.8, 4) is 0 Å². The summed E-state index contributed by atoms with van der Waals surface area (Å²) >= 11 is 0. The first-order valence-corrected chi connectivity index (χ1v) is 3.12. The van der Waals surface area contributed by atoms with Gasteiger partial charge in [0.05, 0.1) is 0 Å². The van der Waals surface area contributed by atoms with Gasteiger partial charge in [0.25, 0.3) is 0 Å². The zero-order chi connectivity index (χ0) is 5.98. The van der Waals surface area contributed by atoms with Gasteiger partial charge in [-0.15, -0.1) is 6.58 Å². The van der Waals surface area contributed by atoms with Crippen LogP contribution in [0, 0.1) is 11.8 Å². The zero-order valence-electron chi connectivity index (χ0n) is 5.01. The monoisotopic (exact) mass is 112 g/mol. The molecule has 1 aliphatic rings. The van der Waals surface area contributed by atoms with E-state index in [-0.39, 0.29) is 0 Å². The van der Waals surface area contributed by atoms with Gasteiger partial charge in [0.15, 0.2) is 0 Å². The molecule has 0 aliphatic heterocycles. The van der Waals surface area contributed by atoms with E-state index in [4.69, 9.17) is 5.11 Å². The molecule has 46 valence electrons. The molecular weight excluding hydrogens is 100 g/mol. The average molecular weight is 112 g/mol. The molecule has 1 N–H and O–H groups in total. The van der Waals surface area contributed by atoms with Crippen molar-refractivity contribution < 1.29 is 5.11 Å². The minimum Gasteiger partial charge on any atom is -0.396 e. The lowest BCUT2D eigenvalue weighted by Crippen LogP contribution is -2.26. The van der Waals surface area contributed by atoms with E-state index in [1.54, 1.807) is 0 Å². The summed E-state index contributed by atoms with van der Waals surface area (Å²) in [7, 11) is 0. The maximum Gasteiger partial charge on any atom is 0.0464 e. The van der Waals surface area contributed by atoms with Crippen LogP contribution in [-0.2, 0) is 0 Å². The highest BCUT2D eigenvalue weighted by Gasteiger charge is 2.26. The number of aliphatic hydroxyl groups excluding tert-OH is 1. The molecule has 1 nitrogen and oxygen atoms in total. The first-order valence-electron chi connectivity index (χ1n) is 3.12. The lowest BCUT2D eigenvalue weighted by molar-refractivity contribution is 0.120. The SMILES string of the molecule is C=C[C@H]1CC[C@@H]1CO. The Morgan fingerprint density at radius 3 is 2.50 bits per heavy atom. The van der Waals surface area contributed by atoms with Crippen molar-refractivity contribution in [2.24, 2.45) is 11.8 Å². The van der Waals surface area contributed by atoms with Crippen molar-refractivity contribution in [1.82, 2.24) is 0 Å². The Bertz CT molecular complexity index is 86.4. The molecule has 0 aromatic carbocycles. The molecule has 8 heavy (non-hydrogen) atoms. The van der Waals surface area contributed by atoms with Crippen LogP contribution in [0.15, 0.2) is 12.7 Å². The van der Waals surface area contributed by atoms with Crippen LogP contribution in [0.5, 0.6) is 0 Å². The highest BCUT2D eigenvalue weighted by atomic mass is 16.3. The summed E-state index contributed by atoms with van der Waals surface area (Å²) in [6.45, 7) is 4.01. The van der Waals surface area contributed by atoms with Crippen LogP contribution >= 0.6 is 0 Å². The average Bonchev–Trinajstić information content (AvgIpc) is 1.66. The molecule has 1 saturated carbocycles. The summed E-state index contributed by atoms with van der Waals surface area (Å²) in [4.78, 5) is 0. The normalized spacial score (nSPS) is 36.1. The van der Waals surface area contributed by atoms with Gasteiger partial charge in [-0.2, -0.15) is 0 Å². The Morgan fingerprint density at radius 2 is 2.38 bits per heavy atom. The summed E-state index contributed by atoms with van der Waals surface area (Å²) < 4.78 is 0. The van der Waals surface area contributed by atoms with Crippen LogP contribution in [0.1, 0.15) is 12.8 Å². The Balaban J connectivity index is 2.26. The van der Waals surface area contributed by atoms with Gasteiger partial charge in [-0.1, -0.05) is 6.08 Å². The summed E-state index contributed by atoms with van der Waals surface area (Å²) in [6, 6.07) is 0. The Hall–Kier alpha value is -0.300. The Labute approximate surface area is 50.0 Å². The van der Waals surface area contributed by atoms with E-state index >= 15 is 0 Å². The third kappa shape index (κ3) is 0.781. The van der Waals surface area contributed by atoms with Gasteiger partial charge in [0.1, 0.15) is 0 Å². The smallest absolute Gasteiger partial charge is 0.0464 e. The molecule has 0 spiro atoms. The van der Waals surface area contributed by atoms with E-state index in [2.05, 4.69) is 6.58 Å². The fourth-order valence-electron chi connectivity index (χ4n) is 1.13. The van der Waals surface area contributed by atoms with Crippen molar-refractivity contribution in [3.63, 3.8) is 0 Å². The summed E-state index contributed by atoms with van der Waals surface area (Å²) in [6.07, 6.45) is 4.37. The maximum atomic E-state index is 8.64. The number of aliphatic hydroxyl groups is 1. The summed E-state index contributed by atoms with van der Waals surface area (Å²) in [5.74, 6) is 1.15. The van der Waals surface area contributed by atoms with Crippen molar-refractivity contribution >= 4 is 0 Å². The second kappa shape index (κ2) is 2.31. The second-order valence-electron chi connectivity index (χ2n) is 2.42. The molecule has 0 aromatic heterocycles. The second-order valence-corrected chi connectivity index (χ2v) is 2.42.